The molecule has 3 rings (SSSR count). The van der Waals surface area contributed by atoms with E-state index in [0.29, 0.717) is 22.6 Å². The smallest absolute Gasteiger partial charge is 0.0688 e. The molecule has 1 aliphatic carbocycles. The topological polar surface area (TPSA) is 29.9 Å². The first kappa shape index (κ1) is 13.0. The molecule has 1 aromatic carbocycles. The first-order valence-corrected chi connectivity index (χ1v) is 7.15. The van der Waals surface area contributed by atoms with Gasteiger partial charge in [-0.1, -0.05) is 29.3 Å². The van der Waals surface area contributed by atoms with Gasteiger partial charge in [0.1, 0.15) is 0 Å². The molecule has 0 unspecified atom stereocenters. The van der Waals surface area contributed by atoms with Gasteiger partial charge in [-0.2, -0.15) is 5.10 Å². The quantitative estimate of drug-likeness (QED) is 0.915. The maximum absolute atomic E-state index is 6.16. The first-order valence-electron chi connectivity index (χ1n) is 6.40. The molecule has 0 radical (unpaired) electrons. The lowest BCUT2D eigenvalue weighted by Gasteiger charge is -2.06. The van der Waals surface area contributed by atoms with Crippen LogP contribution in [0.3, 0.4) is 0 Å². The Morgan fingerprint density at radius 1 is 1.26 bits per heavy atom. The maximum Gasteiger partial charge on any atom is 0.0688 e. The zero-order chi connectivity index (χ0) is 13.2. The largest absolute Gasteiger partial charge is 0.310 e. The van der Waals surface area contributed by atoms with Crippen molar-refractivity contribution in [2.24, 2.45) is 0 Å². The van der Waals surface area contributed by atoms with Crippen molar-refractivity contribution in [3.8, 4) is 0 Å². The highest BCUT2D eigenvalue weighted by atomic mass is 35.5. The van der Waals surface area contributed by atoms with Gasteiger partial charge in [-0.3, -0.25) is 4.68 Å². The van der Waals surface area contributed by atoms with Crippen LogP contribution in [0.5, 0.6) is 0 Å². The van der Waals surface area contributed by atoms with Crippen LogP contribution >= 0.6 is 23.2 Å². The minimum atomic E-state index is 0.599. The van der Waals surface area contributed by atoms with E-state index in [9.17, 15) is 0 Å². The van der Waals surface area contributed by atoms with Gasteiger partial charge in [0, 0.05) is 40.0 Å². The molecule has 100 valence electrons. The standard InChI is InChI=1S/C14H15Cl2N3/c15-13-2-1-3-14(16)12(13)9-19-8-10(7-18-19)6-17-11-4-5-11/h1-3,7-8,11,17H,4-6,9H2. The molecule has 1 aliphatic rings. The molecule has 19 heavy (non-hydrogen) atoms. The third kappa shape index (κ3) is 3.30. The Kier molecular flexibility index (Phi) is 3.78. The lowest BCUT2D eigenvalue weighted by molar-refractivity contribution is 0.675. The average molecular weight is 296 g/mol. The van der Waals surface area contributed by atoms with Gasteiger partial charge in [0.2, 0.25) is 0 Å². The van der Waals surface area contributed by atoms with Crippen molar-refractivity contribution in [2.45, 2.75) is 32.0 Å². The second-order valence-corrected chi connectivity index (χ2v) is 5.72. The Balaban J connectivity index is 1.68. The highest BCUT2D eigenvalue weighted by Crippen LogP contribution is 2.25. The van der Waals surface area contributed by atoms with E-state index < -0.39 is 0 Å². The van der Waals surface area contributed by atoms with E-state index in [0.717, 1.165) is 12.1 Å². The van der Waals surface area contributed by atoms with Crippen molar-refractivity contribution in [2.75, 3.05) is 0 Å². The summed E-state index contributed by atoms with van der Waals surface area (Å²) in [6, 6.07) is 6.26. The van der Waals surface area contributed by atoms with Crippen LogP contribution in [0.1, 0.15) is 24.0 Å². The first-order chi connectivity index (χ1) is 9.22. The summed E-state index contributed by atoms with van der Waals surface area (Å²) in [7, 11) is 0. The van der Waals surface area contributed by atoms with E-state index in [2.05, 4.69) is 10.4 Å². The molecule has 2 aromatic rings. The summed E-state index contributed by atoms with van der Waals surface area (Å²) in [5.74, 6) is 0. The van der Waals surface area contributed by atoms with Gasteiger partial charge >= 0.3 is 0 Å². The fraction of sp³-hybridized carbons (Fsp3) is 0.357. The number of nitrogens with one attached hydrogen (secondary N) is 1. The lowest BCUT2D eigenvalue weighted by atomic mass is 10.2. The summed E-state index contributed by atoms with van der Waals surface area (Å²) < 4.78 is 1.87. The molecule has 1 N–H and O–H groups in total. The van der Waals surface area contributed by atoms with Crippen LogP contribution in [-0.2, 0) is 13.1 Å². The van der Waals surface area contributed by atoms with E-state index >= 15 is 0 Å². The lowest BCUT2D eigenvalue weighted by Crippen LogP contribution is -2.14. The van der Waals surface area contributed by atoms with E-state index in [1.165, 1.54) is 18.4 Å². The molecule has 1 aromatic heterocycles. The number of aromatic nitrogens is 2. The van der Waals surface area contributed by atoms with Crippen LogP contribution in [-0.4, -0.2) is 15.8 Å². The maximum atomic E-state index is 6.16. The van der Waals surface area contributed by atoms with E-state index in [-0.39, 0.29) is 0 Å². The van der Waals surface area contributed by atoms with Gasteiger partial charge in [0.25, 0.3) is 0 Å². The van der Waals surface area contributed by atoms with Gasteiger partial charge in [-0.15, -0.1) is 0 Å². The second kappa shape index (κ2) is 5.53. The monoisotopic (exact) mass is 295 g/mol. The van der Waals surface area contributed by atoms with Crippen LogP contribution in [0.2, 0.25) is 10.0 Å². The molecule has 1 saturated carbocycles. The normalized spacial score (nSPS) is 14.8. The molecular weight excluding hydrogens is 281 g/mol. The van der Waals surface area contributed by atoms with Gasteiger partial charge in [0.05, 0.1) is 12.7 Å². The zero-order valence-corrected chi connectivity index (χ0v) is 12.0. The van der Waals surface area contributed by atoms with Crippen LogP contribution in [0, 0.1) is 0 Å². The minimum absolute atomic E-state index is 0.599. The third-order valence-electron chi connectivity index (χ3n) is 3.24. The summed E-state index contributed by atoms with van der Waals surface area (Å²) in [4.78, 5) is 0. The molecule has 0 bridgehead atoms. The van der Waals surface area contributed by atoms with Crippen molar-refractivity contribution >= 4 is 23.2 Å². The molecule has 1 heterocycles. The molecule has 5 heteroatoms. The summed E-state index contributed by atoms with van der Waals surface area (Å²) in [6.07, 6.45) is 6.52. The third-order valence-corrected chi connectivity index (χ3v) is 3.95. The van der Waals surface area contributed by atoms with Crippen LogP contribution in [0.15, 0.2) is 30.6 Å². The van der Waals surface area contributed by atoms with Crippen LogP contribution in [0.25, 0.3) is 0 Å². The van der Waals surface area contributed by atoms with Gasteiger partial charge in [-0.05, 0) is 25.0 Å². The second-order valence-electron chi connectivity index (χ2n) is 4.90. The van der Waals surface area contributed by atoms with Crippen molar-refractivity contribution in [3.63, 3.8) is 0 Å². The Labute approximate surface area is 122 Å². The molecule has 3 nitrogen and oxygen atoms in total. The molecule has 0 saturated heterocycles. The van der Waals surface area contributed by atoms with Gasteiger partial charge < -0.3 is 5.32 Å². The molecule has 1 fully saturated rings. The van der Waals surface area contributed by atoms with Gasteiger partial charge in [0.15, 0.2) is 0 Å². The Morgan fingerprint density at radius 2 is 2.00 bits per heavy atom. The Morgan fingerprint density at radius 3 is 2.68 bits per heavy atom. The van der Waals surface area contributed by atoms with E-state index in [1.807, 2.05) is 35.3 Å². The van der Waals surface area contributed by atoms with Crippen LogP contribution in [0.4, 0.5) is 0 Å². The fourth-order valence-electron chi connectivity index (χ4n) is 1.98. The summed E-state index contributed by atoms with van der Waals surface area (Å²) in [5.41, 5.74) is 2.10. The average Bonchev–Trinajstić information content (AvgIpc) is 3.11. The van der Waals surface area contributed by atoms with E-state index in [1.54, 1.807) is 0 Å². The number of hydrogen-bond donors (Lipinski definition) is 1. The number of benzene rings is 1. The molecule has 0 atom stereocenters. The number of halogens is 2. The predicted molar refractivity (Wildman–Crippen MR) is 77.7 cm³/mol. The Hall–Kier alpha value is -1.03. The molecule has 0 amide bonds. The predicted octanol–water partition coefficient (Wildman–Crippen LogP) is 3.49. The van der Waals surface area contributed by atoms with Crippen LogP contribution < -0.4 is 5.32 Å². The molecular formula is C14H15Cl2N3. The van der Waals surface area contributed by atoms with Crippen molar-refractivity contribution < 1.29 is 0 Å². The summed E-state index contributed by atoms with van der Waals surface area (Å²) >= 11 is 12.3. The van der Waals surface area contributed by atoms with Gasteiger partial charge in [-0.25, -0.2) is 0 Å². The molecule has 0 aliphatic heterocycles. The fourth-order valence-corrected chi connectivity index (χ4v) is 2.50. The SMILES string of the molecule is Clc1cccc(Cl)c1Cn1cc(CNC2CC2)cn1. The number of nitrogens with zero attached hydrogens (tertiary/aromatic N) is 2. The summed E-state index contributed by atoms with van der Waals surface area (Å²) in [5, 5.41) is 9.18. The number of rotatable bonds is 5. The zero-order valence-electron chi connectivity index (χ0n) is 10.4. The van der Waals surface area contributed by atoms with E-state index in [4.69, 9.17) is 23.2 Å². The van der Waals surface area contributed by atoms with Crippen molar-refractivity contribution in [1.29, 1.82) is 0 Å². The highest BCUT2D eigenvalue weighted by Gasteiger charge is 2.20. The van der Waals surface area contributed by atoms with Crippen molar-refractivity contribution in [3.05, 3.63) is 51.8 Å². The highest BCUT2D eigenvalue weighted by molar-refractivity contribution is 6.35. The number of hydrogen-bond acceptors (Lipinski definition) is 2. The van der Waals surface area contributed by atoms with Crippen molar-refractivity contribution in [1.82, 2.24) is 15.1 Å². The minimum Gasteiger partial charge on any atom is -0.310 e. The summed E-state index contributed by atoms with van der Waals surface area (Å²) in [6.45, 7) is 1.48. The molecule has 0 spiro atoms. The Bertz CT molecular complexity index is 556.